The maximum Gasteiger partial charge on any atom is 0.241 e. The molecule has 6 atom stereocenters. The van der Waals surface area contributed by atoms with Crippen LogP contribution in [0.5, 0.6) is 0 Å². The molecule has 0 spiro atoms. The van der Waals surface area contributed by atoms with E-state index in [4.69, 9.17) is 16.2 Å². The number of amides is 1. The van der Waals surface area contributed by atoms with Crippen LogP contribution in [0.1, 0.15) is 51.4 Å². The lowest BCUT2D eigenvalue weighted by Gasteiger charge is -2.63. The molecule has 6 aliphatic rings. The molecular formula is C21H30N4O3. The first-order chi connectivity index (χ1) is 13.4. The van der Waals surface area contributed by atoms with Crippen LogP contribution in [0.4, 0.5) is 0 Å². The van der Waals surface area contributed by atoms with Gasteiger partial charge in [-0.3, -0.25) is 9.59 Å². The Labute approximate surface area is 165 Å². The van der Waals surface area contributed by atoms with Crippen molar-refractivity contribution in [3.05, 3.63) is 0 Å². The number of carbonyl (C=O) groups excluding carboxylic acids is 2. The molecule has 0 aromatic rings. The van der Waals surface area contributed by atoms with Gasteiger partial charge < -0.3 is 21.1 Å². The van der Waals surface area contributed by atoms with E-state index < -0.39 is 6.04 Å². The van der Waals surface area contributed by atoms with Gasteiger partial charge in [0.2, 0.25) is 5.91 Å². The normalized spacial score (nSPS) is 46.2. The highest BCUT2D eigenvalue weighted by Crippen LogP contribution is 2.64. The summed E-state index contributed by atoms with van der Waals surface area (Å²) < 4.78 is 6.18. The van der Waals surface area contributed by atoms with E-state index in [-0.39, 0.29) is 47.9 Å². The molecule has 28 heavy (non-hydrogen) atoms. The summed E-state index contributed by atoms with van der Waals surface area (Å²) in [5, 5.41) is 9.48. The Bertz CT molecular complexity index is 732. The summed E-state index contributed by atoms with van der Waals surface area (Å²) in [5.74, 6) is 1.39. The SMILES string of the molecule is N#CC1CC2CC2N1C(=O)C(N)C12CC3CC(CC(OCC(=O)CN)(C3)C1)C2. The van der Waals surface area contributed by atoms with E-state index in [0.29, 0.717) is 17.8 Å². The first-order valence-corrected chi connectivity index (χ1v) is 10.7. The highest BCUT2D eigenvalue weighted by molar-refractivity contribution is 5.84. The van der Waals surface area contributed by atoms with Crippen LogP contribution in [0.2, 0.25) is 0 Å². The number of fused-ring (bicyclic) bond motifs is 1. The summed E-state index contributed by atoms with van der Waals surface area (Å²) in [6.45, 7) is 0.0563. The molecule has 1 saturated heterocycles. The van der Waals surface area contributed by atoms with E-state index in [2.05, 4.69) is 6.07 Å². The molecule has 5 saturated carbocycles. The zero-order chi connectivity index (χ0) is 19.7. The van der Waals surface area contributed by atoms with Gasteiger partial charge in [0.05, 0.1) is 24.3 Å². The minimum Gasteiger partial charge on any atom is -0.367 e. The Morgan fingerprint density at radius 2 is 1.89 bits per heavy atom. The van der Waals surface area contributed by atoms with Crippen LogP contribution in [0.15, 0.2) is 0 Å². The number of likely N-dealkylation sites (tertiary alicyclic amines) is 1. The molecule has 4 N–H and O–H groups in total. The Kier molecular flexibility index (Phi) is 4.14. The Balaban J connectivity index is 1.37. The second-order valence-electron chi connectivity index (χ2n) is 10.2. The van der Waals surface area contributed by atoms with E-state index in [9.17, 15) is 14.9 Å². The van der Waals surface area contributed by atoms with E-state index in [1.165, 1.54) is 6.42 Å². The van der Waals surface area contributed by atoms with Crippen LogP contribution < -0.4 is 11.5 Å². The number of carbonyl (C=O) groups is 2. The summed E-state index contributed by atoms with van der Waals surface area (Å²) in [6, 6.07) is 1.64. The Hall–Kier alpha value is -1.49. The maximum absolute atomic E-state index is 13.4. The summed E-state index contributed by atoms with van der Waals surface area (Å²) in [6.07, 6.45) is 7.58. The topological polar surface area (TPSA) is 122 Å². The fourth-order valence-electron chi connectivity index (χ4n) is 7.38. The number of ether oxygens (including phenoxy) is 1. The molecule has 7 heteroatoms. The van der Waals surface area contributed by atoms with Gasteiger partial charge in [-0.2, -0.15) is 5.26 Å². The lowest BCUT2D eigenvalue weighted by molar-refractivity contribution is -0.200. The first kappa shape index (κ1) is 18.5. The molecule has 0 aromatic heterocycles. The van der Waals surface area contributed by atoms with Gasteiger partial charge in [-0.1, -0.05) is 0 Å². The minimum absolute atomic E-state index is 0.000850. The van der Waals surface area contributed by atoms with Gasteiger partial charge in [0.15, 0.2) is 5.78 Å². The van der Waals surface area contributed by atoms with Gasteiger partial charge >= 0.3 is 0 Å². The Morgan fingerprint density at radius 1 is 1.18 bits per heavy atom. The van der Waals surface area contributed by atoms with Crippen LogP contribution in [0.25, 0.3) is 0 Å². The minimum atomic E-state index is -0.582. The lowest BCUT2D eigenvalue weighted by atomic mass is 9.46. The Morgan fingerprint density at radius 3 is 2.54 bits per heavy atom. The standard InChI is InChI=1S/C21H30N4O3/c22-8-15-2-14-3-17(14)25(15)19(27)18(24)20-4-12-1-13(5-20)7-21(6-12,11-20)28-10-16(26)9-23/h12-15,17-18H,1-7,9-11,23-24H2. The van der Waals surface area contributed by atoms with Crippen molar-refractivity contribution in [3.8, 4) is 6.07 Å². The number of piperidine rings is 1. The number of Topliss-reactive ketones (excluding diaryl/α,β-unsaturated/α-hetero) is 1. The quantitative estimate of drug-likeness (QED) is 0.693. The summed E-state index contributed by atoms with van der Waals surface area (Å²) >= 11 is 0. The third kappa shape index (κ3) is 2.72. The van der Waals surface area contributed by atoms with Gasteiger partial charge in [0, 0.05) is 6.04 Å². The van der Waals surface area contributed by atoms with Crippen molar-refractivity contribution in [3.63, 3.8) is 0 Å². The van der Waals surface area contributed by atoms with Crippen molar-refractivity contribution in [2.75, 3.05) is 13.2 Å². The first-order valence-electron chi connectivity index (χ1n) is 10.7. The van der Waals surface area contributed by atoms with E-state index >= 15 is 0 Å². The smallest absolute Gasteiger partial charge is 0.241 e. The van der Waals surface area contributed by atoms with Crippen LogP contribution in [-0.4, -0.2) is 53.5 Å². The fourth-order valence-corrected chi connectivity index (χ4v) is 7.38. The zero-order valence-electron chi connectivity index (χ0n) is 16.3. The molecule has 0 aromatic carbocycles. The number of hydrogen-bond donors (Lipinski definition) is 2. The molecule has 1 aliphatic heterocycles. The molecule has 6 unspecified atom stereocenters. The molecule has 152 valence electrons. The zero-order valence-corrected chi connectivity index (χ0v) is 16.3. The molecular weight excluding hydrogens is 356 g/mol. The predicted molar refractivity (Wildman–Crippen MR) is 101 cm³/mol. The molecule has 7 nitrogen and oxygen atoms in total. The summed E-state index contributed by atoms with van der Waals surface area (Å²) in [5.41, 5.74) is 11.5. The number of hydrogen-bond acceptors (Lipinski definition) is 6. The number of nitrogens with two attached hydrogens (primary N) is 2. The van der Waals surface area contributed by atoms with Crippen molar-refractivity contribution in [2.45, 2.75) is 75.1 Å². The van der Waals surface area contributed by atoms with E-state index in [1.807, 2.05) is 0 Å². The van der Waals surface area contributed by atoms with Gasteiger partial charge in [-0.15, -0.1) is 0 Å². The highest BCUT2D eigenvalue weighted by Gasteiger charge is 2.63. The third-order valence-electron chi connectivity index (χ3n) is 8.25. The van der Waals surface area contributed by atoms with Gasteiger partial charge in [-0.05, 0) is 74.5 Å². The summed E-state index contributed by atoms with van der Waals surface area (Å²) in [7, 11) is 0. The number of rotatable bonds is 6. The van der Waals surface area contributed by atoms with E-state index in [1.54, 1.807) is 4.90 Å². The number of nitrogens with zero attached hydrogens (tertiary/aromatic N) is 2. The van der Waals surface area contributed by atoms with Gasteiger partial charge in [0.1, 0.15) is 12.6 Å². The second-order valence-corrected chi connectivity index (χ2v) is 10.2. The van der Waals surface area contributed by atoms with E-state index in [0.717, 1.165) is 44.9 Å². The predicted octanol–water partition coefficient (Wildman–Crippen LogP) is 0.710. The molecule has 4 bridgehead atoms. The van der Waals surface area contributed by atoms with Gasteiger partial charge in [-0.25, -0.2) is 0 Å². The highest BCUT2D eigenvalue weighted by atomic mass is 16.5. The monoisotopic (exact) mass is 386 g/mol. The molecule has 1 amide bonds. The average Bonchev–Trinajstić information content (AvgIpc) is 3.33. The van der Waals surface area contributed by atoms with Gasteiger partial charge in [0.25, 0.3) is 0 Å². The molecule has 5 aliphatic carbocycles. The van der Waals surface area contributed by atoms with Crippen molar-refractivity contribution in [1.29, 1.82) is 5.26 Å². The molecule has 1 heterocycles. The van der Waals surface area contributed by atoms with Crippen molar-refractivity contribution in [2.24, 2.45) is 34.6 Å². The third-order valence-corrected chi connectivity index (χ3v) is 8.25. The summed E-state index contributed by atoms with van der Waals surface area (Å²) in [4.78, 5) is 27.0. The molecule has 0 radical (unpaired) electrons. The number of ketones is 1. The van der Waals surface area contributed by atoms with Crippen LogP contribution >= 0.6 is 0 Å². The van der Waals surface area contributed by atoms with Crippen molar-refractivity contribution < 1.29 is 14.3 Å². The second kappa shape index (κ2) is 6.25. The van der Waals surface area contributed by atoms with Crippen molar-refractivity contribution >= 4 is 11.7 Å². The average molecular weight is 386 g/mol. The van der Waals surface area contributed by atoms with Crippen LogP contribution in [0, 0.1) is 34.5 Å². The molecule has 6 fully saturated rings. The van der Waals surface area contributed by atoms with Crippen LogP contribution in [0.3, 0.4) is 0 Å². The lowest BCUT2D eigenvalue weighted by Crippen LogP contribution is -2.65. The van der Waals surface area contributed by atoms with Crippen molar-refractivity contribution in [1.82, 2.24) is 4.90 Å². The van der Waals surface area contributed by atoms with Crippen LogP contribution in [-0.2, 0) is 14.3 Å². The number of nitriles is 1. The largest absolute Gasteiger partial charge is 0.367 e. The fraction of sp³-hybridized carbons (Fsp3) is 0.857. The molecule has 6 rings (SSSR count). The maximum atomic E-state index is 13.4.